The molecule has 2 fully saturated rings. The molecule has 3 amide bonds. The van der Waals surface area contributed by atoms with Gasteiger partial charge in [-0.3, -0.25) is 19.2 Å². The van der Waals surface area contributed by atoms with E-state index in [-0.39, 0.29) is 26.0 Å². The number of thiophene rings is 1. The second-order valence-electron chi connectivity index (χ2n) is 7.45. The largest absolute Gasteiger partial charge is 0.291 e. The average molecular weight is 589 g/mol. The molecule has 1 aromatic heterocycles. The predicted molar refractivity (Wildman–Crippen MR) is 125 cm³/mol. The Hall–Kier alpha value is -1.55. The molecule has 0 spiro atoms. The van der Waals surface area contributed by atoms with Crippen molar-refractivity contribution >= 4 is 78.3 Å². The molecule has 2 aliphatic rings. The summed E-state index contributed by atoms with van der Waals surface area (Å²) in [7, 11) is 0. The first-order valence-electron chi connectivity index (χ1n) is 9.58. The maximum Gasteiger partial charge on any atom is 0.274 e. The van der Waals surface area contributed by atoms with Crippen LogP contribution in [0.3, 0.4) is 0 Å². The Morgan fingerprint density at radius 1 is 1.03 bits per heavy atom. The standard InChI is InChI=1S/C21H17Br2ClN2O4S/c22-14-8-12-13(9-15(14)23)21(30)26(20(12)29)25(10-17(27)18-6-3-7-31-18)19(28)11-4-1-2-5-16(11)24/h1-7,12-15H,8-10H2/t12-,13+,14+,15-. The lowest BCUT2D eigenvalue weighted by molar-refractivity contribution is -0.154. The van der Waals surface area contributed by atoms with Gasteiger partial charge in [0.25, 0.3) is 17.7 Å². The summed E-state index contributed by atoms with van der Waals surface area (Å²) in [5.74, 6) is -3.02. The van der Waals surface area contributed by atoms with Crippen LogP contribution in [0.1, 0.15) is 32.9 Å². The van der Waals surface area contributed by atoms with Gasteiger partial charge in [-0.1, -0.05) is 61.7 Å². The first kappa shape index (κ1) is 22.6. The molecule has 4 rings (SSSR count). The number of ketones is 1. The van der Waals surface area contributed by atoms with E-state index < -0.39 is 36.1 Å². The fourth-order valence-electron chi connectivity index (χ4n) is 3.97. The Morgan fingerprint density at radius 2 is 1.65 bits per heavy atom. The molecule has 31 heavy (non-hydrogen) atoms. The van der Waals surface area contributed by atoms with Crippen LogP contribution in [0.25, 0.3) is 0 Å². The second-order valence-corrected chi connectivity index (χ2v) is 11.2. The number of imide groups is 1. The smallest absolute Gasteiger partial charge is 0.274 e. The number of benzene rings is 1. The molecule has 1 aromatic carbocycles. The Morgan fingerprint density at radius 3 is 2.19 bits per heavy atom. The molecule has 10 heteroatoms. The van der Waals surface area contributed by atoms with Gasteiger partial charge < -0.3 is 0 Å². The number of carbonyl (C=O) groups excluding carboxylic acids is 4. The highest BCUT2D eigenvalue weighted by molar-refractivity contribution is 9.12. The van der Waals surface area contributed by atoms with Gasteiger partial charge in [0, 0.05) is 9.65 Å². The normalized spacial score (nSPS) is 25.5. The summed E-state index contributed by atoms with van der Waals surface area (Å²) >= 11 is 14.6. The fourth-order valence-corrected chi connectivity index (χ4v) is 6.08. The number of hydrogen-bond acceptors (Lipinski definition) is 5. The number of rotatable bonds is 5. The summed E-state index contributed by atoms with van der Waals surface area (Å²) in [6.45, 7) is -0.434. The Bertz CT molecular complexity index is 1020. The summed E-state index contributed by atoms with van der Waals surface area (Å²) in [6.07, 6.45) is 0.934. The quantitative estimate of drug-likeness (QED) is 0.292. The zero-order valence-corrected chi connectivity index (χ0v) is 20.8. The van der Waals surface area contributed by atoms with Gasteiger partial charge >= 0.3 is 0 Å². The molecule has 4 atom stereocenters. The summed E-state index contributed by atoms with van der Waals surface area (Å²) in [4.78, 5) is 53.3. The highest BCUT2D eigenvalue weighted by Gasteiger charge is 2.54. The van der Waals surface area contributed by atoms with E-state index in [1.807, 2.05) is 0 Å². The first-order valence-corrected chi connectivity index (χ1v) is 12.7. The minimum Gasteiger partial charge on any atom is -0.291 e. The summed E-state index contributed by atoms with van der Waals surface area (Å²) < 4.78 is 0. The molecule has 1 aliphatic heterocycles. The highest BCUT2D eigenvalue weighted by atomic mass is 79.9. The SMILES string of the molecule is O=C(CN(C(=O)c1ccccc1Cl)N1C(=O)[C@H]2C[C@@H](Br)[C@@H](Br)C[C@H]2C1=O)c1cccs1. The van der Waals surface area contributed by atoms with Crippen LogP contribution in [0.2, 0.25) is 5.02 Å². The number of carbonyl (C=O) groups is 4. The van der Waals surface area contributed by atoms with E-state index in [4.69, 9.17) is 11.6 Å². The number of fused-ring (bicyclic) bond motifs is 1. The van der Waals surface area contributed by atoms with Crippen molar-refractivity contribution in [2.24, 2.45) is 11.8 Å². The molecule has 1 aliphatic carbocycles. The van der Waals surface area contributed by atoms with E-state index in [9.17, 15) is 19.2 Å². The van der Waals surface area contributed by atoms with Gasteiger partial charge in [-0.15, -0.1) is 11.3 Å². The Kier molecular flexibility index (Phi) is 6.67. The van der Waals surface area contributed by atoms with E-state index in [1.165, 1.54) is 17.4 Å². The minimum atomic E-state index is -0.665. The molecule has 6 nitrogen and oxygen atoms in total. The highest BCUT2D eigenvalue weighted by Crippen LogP contribution is 2.43. The summed E-state index contributed by atoms with van der Waals surface area (Å²) in [6, 6.07) is 9.74. The first-order chi connectivity index (χ1) is 14.8. The Balaban J connectivity index is 1.71. The van der Waals surface area contributed by atoms with Crippen LogP contribution in [0.5, 0.6) is 0 Å². The molecular weight excluding hydrogens is 572 g/mol. The second kappa shape index (κ2) is 9.13. The van der Waals surface area contributed by atoms with Crippen LogP contribution >= 0.6 is 54.8 Å². The van der Waals surface area contributed by atoms with Crippen LogP contribution < -0.4 is 0 Å². The van der Waals surface area contributed by atoms with Gasteiger partial charge in [-0.05, 0) is 36.4 Å². The topological polar surface area (TPSA) is 74.8 Å². The van der Waals surface area contributed by atoms with Crippen LogP contribution in [0.4, 0.5) is 0 Å². The number of halogens is 3. The van der Waals surface area contributed by atoms with Crippen LogP contribution in [0, 0.1) is 11.8 Å². The number of Topliss-reactive ketones (excluding diaryl/α,β-unsaturated/α-hetero) is 1. The molecule has 2 heterocycles. The van der Waals surface area contributed by atoms with Crippen molar-refractivity contribution in [1.29, 1.82) is 0 Å². The van der Waals surface area contributed by atoms with Crippen LogP contribution in [0.15, 0.2) is 41.8 Å². The van der Waals surface area contributed by atoms with E-state index >= 15 is 0 Å². The molecule has 0 radical (unpaired) electrons. The van der Waals surface area contributed by atoms with Gasteiger partial charge in [0.2, 0.25) is 0 Å². The van der Waals surface area contributed by atoms with E-state index in [0.29, 0.717) is 17.7 Å². The molecule has 2 aromatic rings. The van der Waals surface area contributed by atoms with Crippen molar-refractivity contribution in [2.45, 2.75) is 22.5 Å². The summed E-state index contributed by atoms with van der Waals surface area (Å²) in [5.41, 5.74) is 0.121. The van der Waals surface area contributed by atoms with E-state index in [0.717, 1.165) is 10.0 Å². The van der Waals surface area contributed by atoms with E-state index in [1.54, 1.807) is 35.7 Å². The van der Waals surface area contributed by atoms with E-state index in [2.05, 4.69) is 31.9 Å². The predicted octanol–water partition coefficient (Wildman–Crippen LogP) is 4.56. The molecule has 162 valence electrons. The van der Waals surface area contributed by atoms with Crippen molar-refractivity contribution in [3.63, 3.8) is 0 Å². The van der Waals surface area contributed by atoms with Gasteiger partial charge in [0.05, 0.1) is 27.3 Å². The van der Waals surface area contributed by atoms with Crippen molar-refractivity contribution in [2.75, 3.05) is 6.54 Å². The lowest BCUT2D eigenvalue weighted by Crippen LogP contribution is -2.52. The van der Waals surface area contributed by atoms with Crippen molar-refractivity contribution < 1.29 is 19.2 Å². The zero-order chi connectivity index (χ0) is 22.3. The van der Waals surface area contributed by atoms with Crippen LogP contribution in [-0.4, -0.2) is 49.7 Å². The number of hydrazine groups is 1. The third kappa shape index (κ3) is 4.25. The number of nitrogens with zero attached hydrogens (tertiary/aromatic N) is 2. The zero-order valence-electron chi connectivity index (χ0n) is 16.0. The van der Waals surface area contributed by atoms with Gasteiger partial charge in [-0.25, -0.2) is 5.01 Å². The maximum atomic E-state index is 13.4. The minimum absolute atomic E-state index is 0.0333. The Labute approximate surface area is 204 Å². The number of hydrogen-bond donors (Lipinski definition) is 0. The summed E-state index contributed by atoms with van der Waals surface area (Å²) in [5, 5.41) is 3.76. The molecule has 1 saturated carbocycles. The van der Waals surface area contributed by atoms with Crippen molar-refractivity contribution in [3.05, 3.63) is 57.2 Å². The average Bonchev–Trinajstić information content (AvgIpc) is 3.36. The number of amides is 3. The third-order valence-electron chi connectivity index (χ3n) is 5.56. The van der Waals surface area contributed by atoms with Crippen molar-refractivity contribution in [3.8, 4) is 0 Å². The van der Waals surface area contributed by atoms with Gasteiger partial charge in [-0.2, -0.15) is 5.01 Å². The third-order valence-corrected chi connectivity index (χ3v) is 9.53. The molecule has 0 bridgehead atoms. The lowest BCUT2D eigenvalue weighted by Gasteiger charge is -2.30. The van der Waals surface area contributed by atoms with Crippen molar-refractivity contribution in [1.82, 2.24) is 10.0 Å². The van der Waals surface area contributed by atoms with Crippen LogP contribution in [-0.2, 0) is 9.59 Å². The van der Waals surface area contributed by atoms with Gasteiger partial charge in [0.15, 0.2) is 5.78 Å². The molecule has 1 saturated heterocycles. The fraction of sp³-hybridized carbons (Fsp3) is 0.333. The number of alkyl halides is 2. The molecule has 0 N–H and O–H groups in total. The monoisotopic (exact) mass is 586 g/mol. The molecule has 0 unspecified atom stereocenters. The van der Waals surface area contributed by atoms with Gasteiger partial charge in [0.1, 0.15) is 6.54 Å². The lowest BCUT2D eigenvalue weighted by atomic mass is 9.81. The molecular formula is C21H17Br2ClN2O4S. The maximum absolute atomic E-state index is 13.4.